The van der Waals surface area contributed by atoms with Crippen LogP contribution in [0.25, 0.3) is 10.8 Å². The first kappa shape index (κ1) is 15.9. The standard InChI is InChI=1S/C18H20N2O2S/c1-18(15-10-5-8-13-7-3-4-9-14(13)15)16(21)20(17(22)19-18)11-6-12-23-2/h3-5,7-10H,6,11-12H2,1-2H3,(H,19,22). The summed E-state index contributed by atoms with van der Waals surface area (Å²) in [4.78, 5) is 26.5. The first-order chi connectivity index (χ1) is 11.1. The van der Waals surface area contributed by atoms with Crippen LogP contribution in [-0.2, 0) is 10.3 Å². The first-order valence-electron chi connectivity index (χ1n) is 7.69. The molecule has 1 aliphatic rings. The number of rotatable bonds is 5. The van der Waals surface area contributed by atoms with E-state index in [1.807, 2.05) is 48.7 Å². The Hall–Kier alpha value is -2.01. The Morgan fingerprint density at radius 3 is 2.65 bits per heavy atom. The van der Waals surface area contributed by atoms with Crippen molar-refractivity contribution in [2.75, 3.05) is 18.6 Å². The van der Waals surface area contributed by atoms with Crippen LogP contribution < -0.4 is 5.32 Å². The van der Waals surface area contributed by atoms with Gasteiger partial charge in [-0.15, -0.1) is 0 Å². The highest BCUT2D eigenvalue weighted by Crippen LogP contribution is 2.33. The van der Waals surface area contributed by atoms with Gasteiger partial charge in [0.25, 0.3) is 5.91 Å². The Balaban J connectivity index is 1.98. The molecule has 23 heavy (non-hydrogen) atoms. The third kappa shape index (κ3) is 2.70. The van der Waals surface area contributed by atoms with E-state index in [1.54, 1.807) is 18.7 Å². The molecule has 3 amide bonds. The van der Waals surface area contributed by atoms with Crippen LogP contribution in [0.5, 0.6) is 0 Å². The van der Waals surface area contributed by atoms with E-state index in [0.717, 1.165) is 28.5 Å². The quantitative estimate of drug-likeness (QED) is 0.676. The normalized spacial score (nSPS) is 21.0. The van der Waals surface area contributed by atoms with Gasteiger partial charge in [0.1, 0.15) is 5.54 Å². The van der Waals surface area contributed by atoms with E-state index in [4.69, 9.17) is 0 Å². The summed E-state index contributed by atoms with van der Waals surface area (Å²) in [6.45, 7) is 2.26. The summed E-state index contributed by atoms with van der Waals surface area (Å²) in [6.07, 6.45) is 2.83. The van der Waals surface area contributed by atoms with E-state index < -0.39 is 5.54 Å². The minimum absolute atomic E-state index is 0.167. The average molecular weight is 328 g/mol. The van der Waals surface area contributed by atoms with Crippen molar-refractivity contribution in [3.8, 4) is 0 Å². The Morgan fingerprint density at radius 2 is 1.87 bits per heavy atom. The molecule has 1 fully saturated rings. The molecule has 0 aromatic heterocycles. The number of carbonyl (C=O) groups excluding carboxylic acids is 2. The molecule has 0 spiro atoms. The smallest absolute Gasteiger partial charge is 0.319 e. The number of fused-ring (bicyclic) bond motifs is 1. The number of benzene rings is 2. The molecular formula is C18H20N2O2S. The summed E-state index contributed by atoms with van der Waals surface area (Å²) in [5.41, 5.74) is -0.154. The summed E-state index contributed by atoms with van der Waals surface area (Å²) in [7, 11) is 0. The molecule has 0 radical (unpaired) electrons. The maximum Gasteiger partial charge on any atom is 0.325 e. The van der Waals surface area contributed by atoms with Crippen molar-refractivity contribution in [2.24, 2.45) is 0 Å². The minimum atomic E-state index is -1.00. The minimum Gasteiger partial charge on any atom is -0.319 e. The van der Waals surface area contributed by atoms with Crippen LogP contribution in [-0.4, -0.2) is 35.4 Å². The van der Waals surface area contributed by atoms with Crippen LogP contribution in [0, 0.1) is 0 Å². The Bertz CT molecular complexity index is 756. The summed E-state index contributed by atoms with van der Waals surface area (Å²) in [5.74, 6) is 0.766. The first-order valence-corrected chi connectivity index (χ1v) is 9.08. The third-order valence-corrected chi connectivity index (χ3v) is 5.03. The van der Waals surface area contributed by atoms with Crippen molar-refractivity contribution in [3.63, 3.8) is 0 Å². The van der Waals surface area contributed by atoms with E-state index in [9.17, 15) is 9.59 Å². The fraction of sp³-hybridized carbons (Fsp3) is 0.333. The molecule has 2 aromatic carbocycles. The predicted octanol–water partition coefficient (Wildman–Crippen LogP) is 3.36. The second-order valence-electron chi connectivity index (χ2n) is 5.89. The molecular weight excluding hydrogens is 308 g/mol. The Morgan fingerprint density at radius 1 is 1.13 bits per heavy atom. The van der Waals surface area contributed by atoms with Crippen LogP contribution in [0.4, 0.5) is 4.79 Å². The summed E-state index contributed by atoms with van der Waals surface area (Å²) in [5, 5.41) is 4.96. The molecule has 2 aromatic rings. The van der Waals surface area contributed by atoms with Gasteiger partial charge < -0.3 is 5.32 Å². The second-order valence-corrected chi connectivity index (χ2v) is 6.87. The summed E-state index contributed by atoms with van der Waals surface area (Å²) < 4.78 is 0. The zero-order valence-electron chi connectivity index (χ0n) is 13.3. The predicted molar refractivity (Wildman–Crippen MR) is 94.5 cm³/mol. The molecule has 0 bridgehead atoms. The van der Waals surface area contributed by atoms with Crippen molar-refractivity contribution in [1.29, 1.82) is 0 Å². The van der Waals surface area contributed by atoms with E-state index in [2.05, 4.69) is 5.32 Å². The molecule has 1 N–H and O–H groups in total. The van der Waals surface area contributed by atoms with Gasteiger partial charge in [0.15, 0.2) is 0 Å². The average Bonchev–Trinajstić information content (AvgIpc) is 2.78. The zero-order valence-corrected chi connectivity index (χ0v) is 14.2. The van der Waals surface area contributed by atoms with Gasteiger partial charge in [0.2, 0.25) is 0 Å². The molecule has 1 aliphatic heterocycles. The second kappa shape index (κ2) is 6.24. The highest BCUT2D eigenvalue weighted by atomic mass is 32.2. The van der Waals surface area contributed by atoms with E-state index in [-0.39, 0.29) is 11.9 Å². The van der Waals surface area contributed by atoms with Crippen LogP contribution >= 0.6 is 11.8 Å². The number of urea groups is 1. The zero-order chi connectivity index (χ0) is 16.4. The number of carbonyl (C=O) groups is 2. The molecule has 3 rings (SSSR count). The molecule has 5 heteroatoms. The van der Waals surface area contributed by atoms with Crippen LogP contribution in [0.1, 0.15) is 18.9 Å². The lowest BCUT2D eigenvalue weighted by atomic mass is 9.88. The van der Waals surface area contributed by atoms with Gasteiger partial charge in [-0.1, -0.05) is 42.5 Å². The molecule has 4 nitrogen and oxygen atoms in total. The third-order valence-electron chi connectivity index (χ3n) is 4.33. The topological polar surface area (TPSA) is 49.4 Å². The van der Waals surface area contributed by atoms with Gasteiger partial charge in [-0.3, -0.25) is 9.69 Å². The van der Waals surface area contributed by atoms with Gasteiger partial charge in [-0.2, -0.15) is 11.8 Å². The van der Waals surface area contributed by atoms with Gasteiger partial charge in [-0.25, -0.2) is 4.79 Å². The number of hydrogen-bond donors (Lipinski definition) is 1. The maximum atomic E-state index is 12.9. The highest BCUT2D eigenvalue weighted by Gasteiger charge is 2.49. The lowest BCUT2D eigenvalue weighted by Gasteiger charge is -2.24. The number of thioether (sulfide) groups is 1. The molecule has 0 saturated carbocycles. The summed E-state index contributed by atoms with van der Waals surface area (Å²) >= 11 is 1.72. The van der Waals surface area contributed by atoms with Gasteiger partial charge >= 0.3 is 6.03 Å². The van der Waals surface area contributed by atoms with Crippen molar-refractivity contribution in [1.82, 2.24) is 10.2 Å². The monoisotopic (exact) mass is 328 g/mol. The van der Waals surface area contributed by atoms with Gasteiger partial charge in [0.05, 0.1) is 0 Å². The van der Waals surface area contributed by atoms with E-state index in [1.165, 1.54) is 4.90 Å². The van der Waals surface area contributed by atoms with E-state index in [0.29, 0.717) is 6.54 Å². The SMILES string of the molecule is CSCCCN1C(=O)NC(C)(c2cccc3ccccc23)C1=O. The lowest BCUT2D eigenvalue weighted by molar-refractivity contribution is -0.131. The van der Waals surface area contributed by atoms with Crippen molar-refractivity contribution in [3.05, 3.63) is 48.0 Å². The lowest BCUT2D eigenvalue weighted by Crippen LogP contribution is -2.41. The van der Waals surface area contributed by atoms with Crippen LogP contribution in [0.3, 0.4) is 0 Å². The van der Waals surface area contributed by atoms with E-state index >= 15 is 0 Å². The molecule has 1 unspecified atom stereocenters. The molecule has 0 aliphatic carbocycles. The van der Waals surface area contributed by atoms with Gasteiger partial charge in [0, 0.05) is 6.54 Å². The van der Waals surface area contributed by atoms with Crippen molar-refractivity contribution < 1.29 is 9.59 Å². The highest BCUT2D eigenvalue weighted by molar-refractivity contribution is 7.98. The number of imide groups is 1. The molecule has 120 valence electrons. The molecule has 1 saturated heterocycles. The largest absolute Gasteiger partial charge is 0.325 e. The fourth-order valence-electron chi connectivity index (χ4n) is 3.11. The van der Waals surface area contributed by atoms with Gasteiger partial charge in [-0.05, 0) is 41.7 Å². The maximum absolute atomic E-state index is 12.9. The Labute approximate surface area is 140 Å². The molecule has 1 atom stereocenters. The Kier molecular flexibility index (Phi) is 4.31. The number of hydrogen-bond acceptors (Lipinski definition) is 3. The van der Waals surface area contributed by atoms with Crippen LogP contribution in [0.15, 0.2) is 42.5 Å². The van der Waals surface area contributed by atoms with Crippen molar-refractivity contribution in [2.45, 2.75) is 18.9 Å². The number of amides is 3. The van der Waals surface area contributed by atoms with Crippen molar-refractivity contribution >= 4 is 34.5 Å². The number of nitrogens with one attached hydrogen (secondary N) is 1. The fourth-order valence-corrected chi connectivity index (χ4v) is 3.53. The number of nitrogens with zero attached hydrogens (tertiary/aromatic N) is 1. The summed E-state index contributed by atoms with van der Waals surface area (Å²) in [6, 6.07) is 13.5. The van der Waals surface area contributed by atoms with Crippen LogP contribution in [0.2, 0.25) is 0 Å². The molecule has 1 heterocycles.